The Kier molecular flexibility index (Phi) is 3.60. The number of rotatable bonds is 2. The van der Waals surface area contributed by atoms with Crippen molar-refractivity contribution in [2.75, 3.05) is 13.1 Å². The molecule has 2 amide bonds. The fraction of sp³-hybridized carbons (Fsp3) is 0.400. The van der Waals surface area contributed by atoms with E-state index in [9.17, 15) is 9.59 Å². The highest BCUT2D eigenvalue weighted by Crippen LogP contribution is 2.15. The molecule has 0 aliphatic carbocycles. The molecule has 0 saturated carbocycles. The highest BCUT2D eigenvalue weighted by molar-refractivity contribution is 5.97. The Morgan fingerprint density at radius 2 is 2.10 bits per heavy atom. The third kappa shape index (κ3) is 2.89. The van der Waals surface area contributed by atoms with Gasteiger partial charge in [-0.05, 0) is 25.0 Å². The largest absolute Gasteiger partial charge is 0.349 e. The van der Waals surface area contributed by atoms with Crippen molar-refractivity contribution in [1.29, 1.82) is 0 Å². The zero-order chi connectivity index (χ0) is 14.8. The smallest absolute Gasteiger partial charge is 0.251 e. The Morgan fingerprint density at radius 1 is 1.33 bits per heavy atom. The standard InChI is InChI=1S/C15H18N4O2/c1-10(20)19-6-4-13(5-7-19)17-15(21)11-2-3-12-9-16-18-14(12)8-11/h2-3,8-9,13H,4-7H2,1H3,(H,16,18)(H,17,21). The molecule has 2 N–H and O–H groups in total. The van der Waals surface area contributed by atoms with E-state index in [0.717, 1.165) is 23.7 Å². The number of likely N-dealkylation sites (tertiary alicyclic amines) is 1. The zero-order valence-corrected chi connectivity index (χ0v) is 11.9. The second kappa shape index (κ2) is 5.55. The summed E-state index contributed by atoms with van der Waals surface area (Å²) in [6.45, 7) is 3.00. The van der Waals surface area contributed by atoms with Crippen LogP contribution in [0, 0.1) is 0 Å². The maximum absolute atomic E-state index is 12.3. The number of hydrogen-bond donors (Lipinski definition) is 2. The number of benzene rings is 1. The Bertz CT molecular complexity index is 671. The lowest BCUT2D eigenvalue weighted by Crippen LogP contribution is -2.45. The normalized spacial score (nSPS) is 16.1. The van der Waals surface area contributed by atoms with Crippen LogP contribution in [-0.4, -0.2) is 46.0 Å². The first-order valence-corrected chi connectivity index (χ1v) is 7.13. The summed E-state index contributed by atoms with van der Waals surface area (Å²) in [5, 5.41) is 10.8. The van der Waals surface area contributed by atoms with Crippen molar-refractivity contribution in [3.8, 4) is 0 Å². The van der Waals surface area contributed by atoms with Gasteiger partial charge in [0.2, 0.25) is 5.91 Å². The van der Waals surface area contributed by atoms with Crippen LogP contribution in [0.5, 0.6) is 0 Å². The van der Waals surface area contributed by atoms with E-state index >= 15 is 0 Å². The molecule has 3 rings (SSSR count). The highest BCUT2D eigenvalue weighted by Gasteiger charge is 2.22. The van der Waals surface area contributed by atoms with Crippen molar-refractivity contribution >= 4 is 22.7 Å². The molecule has 0 unspecified atom stereocenters. The molecule has 0 atom stereocenters. The number of amides is 2. The molecule has 110 valence electrons. The van der Waals surface area contributed by atoms with Gasteiger partial charge in [0.15, 0.2) is 0 Å². The number of carbonyl (C=O) groups is 2. The number of nitrogens with zero attached hydrogens (tertiary/aromatic N) is 2. The summed E-state index contributed by atoms with van der Waals surface area (Å²) in [4.78, 5) is 25.4. The molecule has 2 heterocycles. The summed E-state index contributed by atoms with van der Waals surface area (Å²) in [6, 6.07) is 5.62. The van der Waals surface area contributed by atoms with Gasteiger partial charge in [0, 0.05) is 37.0 Å². The van der Waals surface area contributed by atoms with Crippen molar-refractivity contribution in [3.05, 3.63) is 30.0 Å². The van der Waals surface area contributed by atoms with Crippen molar-refractivity contribution in [2.45, 2.75) is 25.8 Å². The minimum absolute atomic E-state index is 0.0761. The maximum Gasteiger partial charge on any atom is 0.251 e. The Balaban J connectivity index is 1.62. The SMILES string of the molecule is CC(=O)N1CCC(NC(=O)c2ccc3cn[nH]c3c2)CC1. The molecular formula is C15H18N4O2. The molecule has 0 bridgehead atoms. The highest BCUT2D eigenvalue weighted by atomic mass is 16.2. The van der Waals surface area contributed by atoms with Gasteiger partial charge >= 0.3 is 0 Å². The molecule has 6 heteroatoms. The number of carbonyl (C=O) groups excluding carboxylic acids is 2. The predicted molar refractivity (Wildman–Crippen MR) is 78.8 cm³/mol. The molecule has 1 fully saturated rings. The van der Waals surface area contributed by atoms with E-state index in [2.05, 4.69) is 15.5 Å². The lowest BCUT2D eigenvalue weighted by Gasteiger charge is -2.31. The summed E-state index contributed by atoms with van der Waals surface area (Å²) in [5.41, 5.74) is 1.48. The molecule has 6 nitrogen and oxygen atoms in total. The van der Waals surface area contributed by atoms with Gasteiger partial charge < -0.3 is 10.2 Å². The fourth-order valence-corrected chi connectivity index (χ4v) is 2.69. The van der Waals surface area contributed by atoms with E-state index in [-0.39, 0.29) is 17.9 Å². The predicted octanol–water partition coefficient (Wildman–Crippen LogP) is 1.30. The van der Waals surface area contributed by atoms with Crippen LogP contribution in [0.3, 0.4) is 0 Å². The first kappa shape index (κ1) is 13.6. The second-order valence-electron chi connectivity index (χ2n) is 5.43. The quantitative estimate of drug-likeness (QED) is 0.873. The van der Waals surface area contributed by atoms with Gasteiger partial charge in [-0.25, -0.2) is 0 Å². The summed E-state index contributed by atoms with van der Waals surface area (Å²) < 4.78 is 0. The number of nitrogens with one attached hydrogen (secondary N) is 2. The molecule has 1 aromatic carbocycles. The summed E-state index contributed by atoms with van der Waals surface area (Å²) in [5.74, 6) is 0.0252. The van der Waals surface area contributed by atoms with E-state index in [1.54, 1.807) is 19.2 Å². The third-order valence-electron chi connectivity index (χ3n) is 3.98. The maximum atomic E-state index is 12.3. The topological polar surface area (TPSA) is 78.1 Å². The number of piperidine rings is 1. The molecule has 1 aromatic heterocycles. The third-order valence-corrected chi connectivity index (χ3v) is 3.98. The van der Waals surface area contributed by atoms with Gasteiger partial charge in [0.1, 0.15) is 0 Å². The van der Waals surface area contributed by atoms with Crippen LogP contribution in [0.2, 0.25) is 0 Å². The van der Waals surface area contributed by atoms with E-state index in [4.69, 9.17) is 0 Å². The summed E-state index contributed by atoms with van der Waals surface area (Å²) in [7, 11) is 0. The number of aromatic nitrogens is 2. The Labute approximate surface area is 122 Å². The van der Waals surface area contributed by atoms with E-state index in [1.807, 2.05) is 17.0 Å². The van der Waals surface area contributed by atoms with Gasteiger partial charge in [0.05, 0.1) is 11.7 Å². The first-order chi connectivity index (χ1) is 10.1. The van der Waals surface area contributed by atoms with Crippen LogP contribution in [0.15, 0.2) is 24.4 Å². The minimum Gasteiger partial charge on any atom is -0.349 e. The molecule has 1 aliphatic heterocycles. The number of fused-ring (bicyclic) bond motifs is 1. The van der Waals surface area contributed by atoms with E-state index in [0.29, 0.717) is 18.7 Å². The average Bonchev–Trinajstić information content (AvgIpc) is 2.95. The van der Waals surface area contributed by atoms with Crippen LogP contribution in [0.1, 0.15) is 30.1 Å². The average molecular weight is 286 g/mol. The van der Waals surface area contributed by atoms with Gasteiger partial charge in [-0.15, -0.1) is 0 Å². The number of H-pyrrole nitrogens is 1. The minimum atomic E-state index is -0.0761. The Morgan fingerprint density at radius 3 is 2.81 bits per heavy atom. The molecule has 1 aliphatic rings. The van der Waals surface area contributed by atoms with Gasteiger partial charge in [-0.1, -0.05) is 6.07 Å². The van der Waals surface area contributed by atoms with E-state index in [1.165, 1.54) is 0 Å². The zero-order valence-electron chi connectivity index (χ0n) is 11.9. The monoisotopic (exact) mass is 286 g/mol. The fourth-order valence-electron chi connectivity index (χ4n) is 2.69. The van der Waals surface area contributed by atoms with E-state index < -0.39 is 0 Å². The number of hydrogen-bond acceptors (Lipinski definition) is 3. The Hall–Kier alpha value is -2.37. The van der Waals surface area contributed by atoms with Crippen LogP contribution < -0.4 is 5.32 Å². The summed E-state index contributed by atoms with van der Waals surface area (Å²) in [6.07, 6.45) is 3.34. The second-order valence-corrected chi connectivity index (χ2v) is 5.43. The van der Waals surface area contributed by atoms with Gasteiger partial charge in [-0.2, -0.15) is 5.10 Å². The lowest BCUT2D eigenvalue weighted by atomic mass is 10.0. The molecule has 1 saturated heterocycles. The molecule has 21 heavy (non-hydrogen) atoms. The molecule has 0 spiro atoms. The van der Waals surface area contributed by atoms with Crippen LogP contribution in [0.4, 0.5) is 0 Å². The van der Waals surface area contributed by atoms with Crippen LogP contribution in [0.25, 0.3) is 10.9 Å². The lowest BCUT2D eigenvalue weighted by molar-refractivity contribution is -0.129. The first-order valence-electron chi connectivity index (χ1n) is 7.13. The molecule has 2 aromatic rings. The van der Waals surface area contributed by atoms with Crippen molar-refractivity contribution in [3.63, 3.8) is 0 Å². The molecular weight excluding hydrogens is 268 g/mol. The van der Waals surface area contributed by atoms with Crippen molar-refractivity contribution in [2.24, 2.45) is 0 Å². The van der Waals surface area contributed by atoms with Crippen LogP contribution >= 0.6 is 0 Å². The summed E-state index contributed by atoms with van der Waals surface area (Å²) >= 11 is 0. The van der Waals surface area contributed by atoms with Crippen molar-refractivity contribution < 1.29 is 9.59 Å². The van der Waals surface area contributed by atoms with Crippen molar-refractivity contribution in [1.82, 2.24) is 20.4 Å². The van der Waals surface area contributed by atoms with Gasteiger partial charge in [-0.3, -0.25) is 14.7 Å². The van der Waals surface area contributed by atoms with Crippen LogP contribution in [-0.2, 0) is 4.79 Å². The molecule has 0 radical (unpaired) electrons. The number of aromatic amines is 1. The van der Waals surface area contributed by atoms with Gasteiger partial charge in [0.25, 0.3) is 5.91 Å².